The van der Waals surface area contributed by atoms with Gasteiger partial charge in [0.25, 0.3) is 0 Å². The number of benzene rings is 2. The molecule has 3 aromatic rings. The van der Waals surface area contributed by atoms with Crippen LogP contribution < -0.4 is 4.90 Å². The van der Waals surface area contributed by atoms with Gasteiger partial charge in [0.1, 0.15) is 11.8 Å². The van der Waals surface area contributed by atoms with Gasteiger partial charge in [-0.05, 0) is 36.4 Å². The van der Waals surface area contributed by atoms with E-state index in [2.05, 4.69) is 9.98 Å². The lowest BCUT2D eigenvalue weighted by Gasteiger charge is -2.18. The predicted molar refractivity (Wildman–Crippen MR) is 126 cm³/mol. The topological polar surface area (TPSA) is 99.9 Å². The zero-order chi connectivity index (χ0) is 23.6. The summed E-state index contributed by atoms with van der Waals surface area (Å²) in [5, 5.41) is 11.4. The van der Waals surface area contributed by atoms with Gasteiger partial charge in [-0.25, -0.2) is 4.90 Å². The van der Waals surface area contributed by atoms with Crippen LogP contribution in [0.5, 0.6) is 0 Å². The lowest BCUT2D eigenvalue weighted by Crippen LogP contribution is -2.33. The van der Waals surface area contributed by atoms with E-state index in [0.717, 1.165) is 4.90 Å². The van der Waals surface area contributed by atoms with Crippen LogP contribution in [0.1, 0.15) is 27.7 Å². The van der Waals surface area contributed by atoms with Gasteiger partial charge in [-0.1, -0.05) is 41.9 Å². The van der Waals surface area contributed by atoms with E-state index in [0.29, 0.717) is 27.5 Å². The number of ketones is 1. The van der Waals surface area contributed by atoms with E-state index < -0.39 is 35.5 Å². The number of allylic oxidation sites excluding steroid dienone is 1. The predicted octanol–water partition coefficient (Wildman–Crippen LogP) is 4.20. The fourth-order valence-corrected chi connectivity index (χ4v) is 5.10. The number of Topliss-reactive ketones (excluding diaryl/α,β-unsaturated/α-hetero) is 1. The van der Waals surface area contributed by atoms with Gasteiger partial charge in [0.2, 0.25) is 11.8 Å². The van der Waals surface area contributed by atoms with Gasteiger partial charge < -0.3 is 5.11 Å². The number of carbonyl (C=O) groups excluding carboxylic acids is 3. The van der Waals surface area contributed by atoms with Gasteiger partial charge in [0, 0.05) is 22.3 Å². The van der Waals surface area contributed by atoms with Gasteiger partial charge in [0.05, 0.1) is 34.5 Å². The highest BCUT2D eigenvalue weighted by Crippen LogP contribution is 2.48. The Morgan fingerprint density at radius 2 is 1.56 bits per heavy atom. The number of halogens is 1. The molecule has 1 saturated heterocycles. The van der Waals surface area contributed by atoms with Crippen molar-refractivity contribution in [2.45, 2.75) is 6.04 Å². The maximum Gasteiger partial charge on any atom is 0.243 e. The average Bonchev–Trinajstić information content (AvgIpc) is 3.45. The molecule has 166 valence electrons. The van der Waals surface area contributed by atoms with Crippen molar-refractivity contribution in [3.8, 4) is 0 Å². The molecule has 0 radical (unpaired) electrons. The first-order valence-electron chi connectivity index (χ1n) is 10.7. The van der Waals surface area contributed by atoms with Crippen molar-refractivity contribution in [2.24, 2.45) is 16.8 Å². The molecule has 0 unspecified atom stereocenters. The number of anilines is 1. The van der Waals surface area contributed by atoms with Crippen LogP contribution in [-0.2, 0) is 9.59 Å². The van der Waals surface area contributed by atoms with Gasteiger partial charge in [-0.15, -0.1) is 0 Å². The van der Waals surface area contributed by atoms with E-state index in [1.807, 2.05) is 0 Å². The second-order valence-electron chi connectivity index (χ2n) is 8.30. The molecule has 2 aliphatic heterocycles. The largest absolute Gasteiger partial charge is 0.506 e. The molecule has 0 saturated carbocycles. The van der Waals surface area contributed by atoms with E-state index in [9.17, 15) is 19.5 Å². The highest BCUT2D eigenvalue weighted by Gasteiger charge is 2.59. The minimum absolute atomic E-state index is 0.0336. The minimum atomic E-state index is -1.02. The monoisotopic (exact) mass is 469 g/mol. The number of aliphatic imine (C=N–C) groups is 1. The van der Waals surface area contributed by atoms with E-state index >= 15 is 0 Å². The number of carbonyl (C=O) groups is 3. The molecule has 1 aromatic heterocycles. The summed E-state index contributed by atoms with van der Waals surface area (Å²) in [6, 6.07) is 17.5. The summed E-state index contributed by atoms with van der Waals surface area (Å²) in [6.45, 7) is 0. The molecule has 0 spiro atoms. The quantitative estimate of drug-likeness (QED) is 0.579. The Labute approximate surface area is 199 Å². The third-order valence-corrected chi connectivity index (χ3v) is 6.74. The molecule has 1 fully saturated rings. The molecular weight excluding hydrogens is 454 g/mol. The van der Waals surface area contributed by atoms with Gasteiger partial charge in [-0.2, -0.15) is 0 Å². The van der Waals surface area contributed by atoms with Crippen molar-refractivity contribution in [3.63, 3.8) is 0 Å². The van der Waals surface area contributed by atoms with Crippen molar-refractivity contribution in [2.75, 3.05) is 4.90 Å². The van der Waals surface area contributed by atoms with Crippen molar-refractivity contribution in [1.29, 1.82) is 0 Å². The number of amides is 2. The Morgan fingerprint density at radius 1 is 0.853 bits per heavy atom. The maximum absolute atomic E-state index is 13.7. The first-order chi connectivity index (χ1) is 16.5. The van der Waals surface area contributed by atoms with Crippen LogP contribution in [0, 0.1) is 11.8 Å². The van der Waals surface area contributed by atoms with Gasteiger partial charge in [0.15, 0.2) is 5.78 Å². The number of hydrogen-bond donors (Lipinski definition) is 1. The number of rotatable bonds is 3. The number of aromatic nitrogens is 1. The molecule has 3 atom stereocenters. The molecule has 2 amide bonds. The summed E-state index contributed by atoms with van der Waals surface area (Å²) in [5.41, 5.74) is 1.70. The number of hydrogen-bond acceptors (Lipinski definition) is 6. The standard InChI is InChI=1S/C26H16ClN3O4/c27-13-8-10-14(11-9-13)30-25(33)18-19(26(30)34)22(29-21(18)17-7-3-4-12-28-17)20-23(31)15-5-1-2-6-16(15)24(20)32/h1-12,18-19,21,31H/t18-,19-,21+/m0/s1. The van der Waals surface area contributed by atoms with E-state index in [-0.39, 0.29) is 17.0 Å². The Bertz CT molecular complexity index is 1450. The Hall–Kier alpha value is -4.10. The van der Waals surface area contributed by atoms with E-state index in [4.69, 9.17) is 11.6 Å². The number of nitrogens with zero attached hydrogens (tertiary/aromatic N) is 3. The zero-order valence-electron chi connectivity index (χ0n) is 17.6. The Balaban J connectivity index is 1.51. The molecule has 8 heteroatoms. The van der Waals surface area contributed by atoms with Crippen LogP contribution in [0.15, 0.2) is 83.5 Å². The lowest BCUT2D eigenvalue weighted by molar-refractivity contribution is -0.122. The van der Waals surface area contributed by atoms with Crippen LogP contribution in [-0.4, -0.2) is 33.4 Å². The van der Waals surface area contributed by atoms with Crippen molar-refractivity contribution in [3.05, 3.63) is 100 Å². The first-order valence-corrected chi connectivity index (χ1v) is 11.0. The second kappa shape index (κ2) is 7.46. The molecule has 2 aromatic carbocycles. The van der Waals surface area contributed by atoms with Crippen molar-refractivity contribution < 1.29 is 19.5 Å². The first kappa shape index (κ1) is 20.5. The smallest absolute Gasteiger partial charge is 0.243 e. The fourth-order valence-electron chi connectivity index (χ4n) is 4.98. The molecule has 7 nitrogen and oxygen atoms in total. The van der Waals surface area contributed by atoms with E-state index in [1.165, 1.54) is 0 Å². The Kier molecular flexibility index (Phi) is 4.50. The number of fused-ring (bicyclic) bond motifs is 2. The van der Waals surface area contributed by atoms with Gasteiger partial charge >= 0.3 is 0 Å². The highest BCUT2D eigenvalue weighted by atomic mass is 35.5. The van der Waals surface area contributed by atoms with Crippen LogP contribution in [0.2, 0.25) is 5.02 Å². The molecule has 0 bridgehead atoms. The van der Waals surface area contributed by atoms with Crippen molar-refractivity contribution in [1.82, 2.24) is 4.98 Å². The van der Waals surface area contributed by atoms with Crippen LogP contribution in [0.25, 0.3) is 5.76 Å². The molecule has 6 rings (SSSR count). The normalized spacial score (nSPS) is 23.4. The minimum Gasteiger partial charge on any atom is -0.506 e. The number of aliphatic hydroxyl groups excluding tert-OH is 1. The molecule has 3 aliphatic rings. The summed E-state index contributed by atoms with van der Waals surface area (Å²) in [4.78, 5) is 50.7. The maximum atomic E-state index is 13.7. The summed E-state index contributed by atoms with van der Waals surface area (Å²) < 4.78 is 0. The van der Waals surface area contributed by atoms with Gasteiger partial charge in [-0.3, -0.25) is 24.4 Å². The summed E-state index contributed by atoms with van der Waals surface area (Å²) in [5.74, 6) is -3.49. The number of imide groups is 1. The summed E-state index contributed by atoms with van der Waals surface area (Å²) in [6.07, 6.45) is 1.59. The summed E-state index contributed by atoms with van der Waals surface area (Å²) in [7, 11) is 0. The Morgan fingerprint density at radius 3 is 2.24 bits per heavy atom. The SMILES string of the molecule is O=C1C(C2=N[C@H](c3ccccn3)[C@H]3C(=O)N(c4ccc(Cl)cc4)C(=O)[C@H]23)=C(O)c2ccccc21. The van der Waals surface area contributed by atoms with Crippen LogP contribution in [0.4, 0.5) is 5.69 Å². The van der Waals surface area contributed by atoms with Crippen molar-refractivity contribution >= 4 is 46.4 Å². The third-order valence-electron chi connectivity index (χ3n) is 6.49. The van der Waals surface area contributed by atoms with Crippen LogP contribution >= 0.6 is 11.6 Å². The molecule has 34 heavy (non-hydrogen) atoms. The molecule has 3 heterocycles. The van der Waals surface area contributed by atoms with E-state index in [1.54, 1.807) is 72.9 Å². The number of aliphatic hydroxyl groups is 1. The van der Waals surface area contributed by atoms with Crippen LogP contribution in [0.3, 0.4) is 0 Å². The summed E-state index contributed by atoms with van der Waals surface area (Å²) >= 11 is 5.99. The number of pyridine rings is 1. The molecule has 1 N–H and O–H groups in total. The second-order valence-corrected chi connectivity index (χ2v) is 8.74. The average molecular weight is 470 g/mol. The molecular formula is C26H16ClN3O4. The molecule has 1 aliphatic carbocycles. The fraction of sp³-hybridized carbons (Fsp3) is 0.115. The highest BCUT2D eigenvalue weighted by molar-refractivity contribution is 6.42. The zero-order valence-corrected chi connectivity index (χ0v) is 18.3. The lowest BCUT2D eigenvalue weighted by atomic mass is 9.84. The third kappa shape index (κ3) is 2.80.